The van der Waals surface area contributed by atoms with Crippen LogP contribution in [0, 0.1) is 6.92 Å². The van der Waals surface area contributed by atoms with Crippen LogP contribution in [0.5, 0.6) is 11.5 Å². The molecule has 2 N–H and O–H groups in total. The second kappa shape index (κ2) is 12.0. The van der Waals surface area contributed by atoms with E-state index >= 15 is 0 Å². The Hall–Kier alpha value is -2.70. The molecule has 13 heteroatoms. The van der Waals surface area contributed by atoms with Crippen LogP contribution >= 0.6 is 23.2 Å². The standard InChI is InChI=1S/C25H19Cl2N3O6S.Na/c1-13-9-15(26)11-21(24(13)37(33,34)35)29-30-22-17-6-4-3-5-14(17)10-18(23(22)31)25(32)28-20-12-16(36-2)7-8-19(20)27;/h3-12,31H,1-2H3,(H,28,32)(H,33,34,35);/q;+1/p-1. The van der Waals surface area contributed by atoms with E-state index in [1.54, 1.807) is 30.3 Å². The minimum absolute atomic E-state index is 0. The number of carbonyl (C=O) groups excluding carboxylic acids is 1. The Balaban J connectivity index is 0.00000400. The van der Waals surface area contributed by atoms with Gasteiger partial charge in [-0.3, -0.25) is 9.35 Å². The van der Waals surface area contributed by atoms with E-state index in [-0.39, 0.29) is 67.8 Å². The van der Waals surface area contributed by atoms with Crippen molar-refractivity contribution in [3.8, 4) is 11.5 Å². The molecule has 190 valence electrons. The summed E-state index contributed by atoms with van der Waals surface area (Å²) >= 11 is 12.2. The Bertz CT molecular complexity index is 1700. The van der Waals surface area contributed by atoms with Gasteiger partial charge in [-0.2, -0.15) is 13.5 Å². The topological polar surface area (TPSA) is 140 Å². The Morgan fingerprint density at radius 3 is 2.45 bits per heavy atom. The van der Waals surface area contributed by atoms with Crippen molar-refractivity contribution >= 4 is 67.1 Å². The maximum absolute atomic E-state index is 13.4. The maximum atomic E-state index is 13.4. The van der Waals surface area contributed by atoms with Gasteiger partial charge in [0.2, 0.25) is 0 Å². The molecule has 0 fully saturated rings. The van der Waals surface area contributed by atoms with Crippen LogP contribution in [0.15, 0.2) is 75.8 Å². The third-order valence-corrected chi connectivity index (χ3v) is 6.97. The SMILES string of the molecule is COc1ccc(Cl)c(NC(=O)c2cc3ccccc3c(N=Nc3cc(Cl)cc(C)c3S(=O)(=O)O)c2[O-])c1.[Na+]. The molecule has 4 aromatic rings. The van der Waals surface area contributed by atoms with Crippen LogP contribution in [0.4, 0.5) is 17.1 Å². The van der Waals surface area contributed by atoms with Crippen molar-refractivity contribution in [3.63, 3.8) is 0 Å². The Morgan fingerprint density at radius 1 is 1.05 bits per heavy atom. The first-order valence-electron chi connectivity index (χ1n) is 10.6. The Morgan fingerprint density at radius 2 is 1.76 bits per heavy atom. The summed E-state index contributed by atoms with van der Waals surface area (Å²) in [6.45, 7) is 1.43. The van der Waals surface area contributed by atoms with Gasteiger partial charge in [-0.25, -0.2) is 0 Å². The Labute approximate surface area is 250 Å². The van der Waals surface area contributed by atoms with Gasteiger partial charge in [-0.1, -0.05) is 53.2 Å². The summed E-state index contributed by atoms with van der Waals surface area (Å²) in [6.07, 6.45) is 0. The van der Waals surface area contributed by atoms with E-state index in [4.69, 9.17) is 27.9 Å². The van der Waals surface area contributed by atoms with Gasteiger partial charge in [-0.15, -0.1) is 5.11 Å². The quantitative estimate of drug-likeness (QED) is 0.203. The first kappa shape index (κ1) is 29.9. The number of methoxy groups -OCH3 is 1. The third-order valence-electron chi connectivity index (χ3n) is 5.38. The minimum Gasteiger partial charge on any atom is -0.870 e. The summed E-state index contributed by atoms with van der Waals surface area (Å²) in [5, 5.41) is 25.2. The normalized spacial score (nSPS) is 11.4. The molecule has 0 bridgehead atoms. The molecule has 4 aromatic carbocycles. The molecule has 0 aliphatic carbocycles. The molecule has 0 atom stereocenters. The first-order chi connectivity index (χ1) is 17.5. The zero-order valence-corrected chi connectivity index (χ0v) is 24.6. The van der Waals surface area contributed by atoms with E-state index in [0.717, 1.165) is 0 Å². The number of hydrogen-bond acceptors (Lipinski definition) is 7. The molecule has 9 nitrogen and oxygen atoms in total. The van der Waals surface area contributed by atoms with E-state index in [9.17, 15) is 22.9 Å². The van der Waals surface area contributed by atoms with Gasteiger partial charge in [0, 0.05) is 22.0 Å². The number of benzene rings is 4. The average Bonchev–Trinajstić information content (AvgIpc) is 2.83. The number of amides is 1. The van der Waals surface area contributed by atoms with Gasteiger partial charge in [0.05, 0.1) is 23.5 Å². The van der Waals surface area contributed by atoms with Crippen LogP contribution in [-0.4, -0.2) is 26.0 Å². The molecule has 1 amide bonds. The van der Waals surface area contributed by atoms with E-state index < -0.39 is 26.7 Å². The van der Waals surface area contributed by atoms with E-state index in [2.05, 4.69) is 15.5 Å². The fraction of sp³-hybridized carbons (Fsp3) is 0.0800. The fourth-order valence-corrected chi connectivity index (χ4v) is 4.98. The van der Waals surface area contributed by atoms with Gasteiger partial charge < -0.3 is 15.2 Å². The van der Waals surface area contributed by atoms with Crippen molar-refractivity contribution in [1.29, 1.82) is 0 Å². The number of hydrogen-bond donors (Lipinski definition) is 2. The van der Waals surface area contributed by atoms with Crippen LogP contribution in [-0.2, 0) is 10.1 Å². The largest absolute Gasteiger partial charge is 1.00 e. The predicted octanol–water partition coefficient (Wildman–Crippen LogP) is 3.46. The summed E-state index contributed by atoms with van der Waals surface area (Å²) in [5.74, 6) is -1.06. The summed E-state index contributed by atoms with van der Waals surface area (Å²) in [4.78, 5) is 12.6. The van der Waals surface area contributed by atoms with Gasteiger partial charge in [0.1, 0.15) is 16.3 Å². The van der Waals surface area contributed by atoms with Crippen molar-refractivity contribution in [1.82, 2.24) is 0 Å². The molecule has 0 saturated heterocycles. The number of rotatable bonds is 6. The van der Waals surface area contributed by atoms with Crippen molar-refractivity contribution in [2.75, 3.05) is 12.4 Å². The van der Waals surface area contributed by atoms with Gasteiger partial charge in [-0.05, 0) is 48.2 Å². The molecular weight excluding hydrogens is 564 g/mol. The number of fused-ring (bicyclic) bond motifs is 1. The second-order valence-electron chi connectivity index (χ2n) is 7.87. The Kier molecular flexibility index (Phi) is 9.43. The van der Waals surface area contributed by atoms with Crippen LogP contribution in [0.1, 0.15) is 15.9 Å². The summed E-state index contributed by atoms with van der Waals surface area (Å²) in [5.41, 5.74) is -0.356. The number of nitrogens with one attached hydrogen (secondary N) is 1. The number of carbonyl (C=O) groups is 1. The van der Waals surface area contributed by atoms with Crippen LogP contribution in [0.3, 0.4) is 0 Å². The second-order valence-corrected chi connectivity index (χ2v) is 10.1. The number of ether oxygens (including phenoxy) is 1. The van der Waals surface area contributed by atoms with Crippen molar-refractivity contribution in [2.24, 2.45) is 10.2 Å². The molecular formula is C25H18Cl2N3NaO6S. The first-order valence-corrected chi connectivity index (χ1v) is 12.8. The summed E-state index contributed by atoms with van der Waals surface area (Å²) in [7, 11) is -3.22. The predicted molar refractivity (Wildman–Crippen MR) is 140 cm³/mol. The number of azo groups is 1. The molecule has 0 unspecified atom stereocenters. The molecule has 0 aromatic heterocycles. The number of aryl methyl sites for hydroxylation is 1. The average molecular weight is 582 g/mol. The zero-order valence-electron chi connectivity index (χ0n) is 20.3. The zero-order chi connectivity index (χ0) is 26.9. The number of anilines is 1. The van der Waals surface area contributed by atoms with Gasteiger partial charge in [0.15, 0.2) is 0 Å². The van der Waals surface area contributed by atoms with Gasteiger partial charge in [0.25, 0.3) is 16.0 Å². The van der Waals surface area contributed by atoms with Crippen molar-refractivity contribution < 1.29 is 57.2 Å². The van der Waals surface area contributed by atoms with Crippen LogP contribution in [0.2, 0.25) is 10.0 Å². The fourth-order valence-electron chi connectivity index (χ4n) is 3.72. The smallest absolute Gasteiger partial charge is 0.870 e. The van der Waals surface area contributed by atoms with E-state index in [1.807, 2.05) is 0 Å². The van der Waals surface area contributed by atoms with Crippen LogP contribution in [0.25, 0.3) is 10.8 Å². The summed E-state index contributed by atoms with van der Waals surface area (Å²) in [6, 6.07) is 15.3. The minimum atomic E-state index is -4.68. The third kappa shape index (κ3) is 6.29. The maximum Gasteiger partial charge on any atom is 1.00 e. The van der Waals surface area contributed by atoms with Crippen molar-refractivity contribution in [3.05, 3.63) is 81.8 Å². The molecule has 0 aliphatic heterocycles. The van der Waals surface area contributed by atoms with E-state index in [0.29, 0.717) is 16.5 Å². The molecule has 4 rings (SSSR count). The molecule has 0 radical (unpaired) electrons. The molecule has 38 heavy (non-hydrogen) atoms. The molecule has 0 saturated carbocycles. The number of halogens is 2. The van der Waals surface area contributed by atoms with Crippen molar-refractivity contribution in [2.45, 2.75) is 11.8 Å². The van der Waals surface area contributed by atoms with E-state index in [1.165, 1.54) is 44.4 Å². The monoisotopic (exact) mass is 581 g/mol. The summed E-state index contributed by atoms with van der Waals surface area (Å²) < 4.78 is 38.7. The molecule has 0 aliphatic rings. The molecule has 0 heterocycles. The van der Waals surface area contributed by atoms with Gasteiger partial charge >= 0.3 is 29.6 Å². The number of nitrogens with zero attached hydrogens (tertiary/aromatic N) is 2. The van der Waals surface area contributed by atoms with Crippen LogP contribution < -0.4 is 44.7 Å². The molecule has 0 spiro atoms.